The molecule has 1 aliphatic rings. The van der Waals surface area contributed by atoms with Crippen LogP contribution in [-0.2, 0) is 0 Å². The van der Waals surface area contributed by atoms with E-state index >= 15 is 0 Å². The highest BCUT2D eigenvalue weighted by molar-refractivity contribution is 5.96. The first-order chi connectivity index (χ1) is 12.2. The summed E-state index contributed by atoms with van der Waals surface area (Å²) in [5.74, 6) is 0.610. The molecule has 0 spiro atoms. The predicted molar refractivity (Wildman–Crippen MR) is 97.4 cm³/mol. The molecule has 7 nitrogen and oxygen atoms in total. The second kappa shape index (κ2) is 6.35. The van der Waals surface area contributed by atoms with Crippen LogP contribution in [0.25, 0.3) is 10.8 Å². The Morgan fingerprint density at radius 1 is 1.04 bits per heavy atom. The molecule has 0 aliphatic carbocycles. The van der Waals surface area contributed by atoms with Crippen molar-refractivity contribution >= 4 is 33.8 Å². The molecule has 0 saturated carbocycles. The van der Waals surface area contributed by atoms with Crippen molar-refractivity contribution in [2.24, 2.45) is 0 Å². The number of rotatable bonds is 4. The molecule has 2 aromatic carbocycles. The zero-order chi connectivity index (χ0) is 17.2. The van der Waals surface area contributed by atoms with Crippen LogP contribution in [0.15, 0.2) is 48.8 Å². The largest absolute Gasteiger partial charge is 0.353 e. The Morgan fingerprint density at radius 2 is 1.80 bits per heavy atom. The Bertz CT molecular complexity index is 932. The number of aromatic nitrogens is 2. The van der Waals surface area contributed by atoms with E-state index in [0.29, 0.717) is 5.82 Å². The van der Waals surface area contributed by atoms with Gasteiger partial charge in [-0.3, -0.25) is 10.1 Å². The third-order valence-electron chi connectivity index (χ3n) is 4.43. The van der Waals surface area contributed by atoms with Crippen LogP contribution in [0.4, 0.5) is 23.0 Å². The van der Waals surface area contributed by atoms with Crippen molar-refractivity contribution in [3.05, 3.63) is 58.9 Å². The summed E-state index contributed by atoms with van der Waals surface area (Å²) in [4.78, 5) is 21.6. The maximum atomic E-state index is 11.7. The lowest BCUT2D eigenvalue weighted by Gasteiger charge is -2.17. The summed E-state index contributed by atoms with van der Waals surface area (Å²) in [6, 6.07) is 13.7. The van der Waals surface area contributed by atoms with E-state index in [-0.39, 0.29) is 11.5 Å². The summed E-state index contributed by atoms with van der Waals surface area (Å²) in [6.45, 7) is 1.57. The molecular weight excluding hydrogens is 318 g/mol. The van der Waals surface area contributed by atoms with Crippen LogP contribution in [0.3, 0.4) is 0 Å². The van der Waals surface area contributed by atoms with Gasteiger partial charge in [-0.25, -0.2) is 9.97 Å². The van der Waals surface area contributed by atoms with Gasteiger partial charge in [0.25, 0.3) is 0 Å². The number of fused-ring (bicyclic) bond motifs is 1. The van der Waals surface area contributed by atoms with Gasteiger partial charge in [-0.05, 0) is 24.3 Å². The predicted octanol–water partition coefficient (Wildman–Crippen LogP) is 3.88. The average molecular weight is 335 g/mol. The summed E-state index contributed by atoms with van der Waals surface area (Å²) in [5, 5.41) is 16.9. The minimum Gasteiger partial charge on any atom is -0.351 e. The van der Waals surface area contributed by atoms with Crippen LogP contribution in [0.1, 0.15) is 12.8 Å². The first-order valence-electron chi connectivity index (χ1n) is 8.23. The van der Waals surface area contributed by atoms with Crippen LogP contribution >= 0.6 is 0 Å². The third kappa shape index (κ3) is 2.84. The molecule has 1 aliphatic heterocycles. The van der Waals surface area contributed by atoms with E-state index < -0.39 is 4.92 Å². The van der Waals surface area contributed by atoms with E-state index in [1.54, 1.807) is 0 Å². The molecule has 7 heteroatoms. The highest BCUT2D eigenvalue weighted by atomic mass is 16.6. The fourth-order valence-electron chi connectivity index (χ4n) is 3.25. The molecule has 0 radical (unpaired) electrons. The SMILES string of the molecule is O=[N+]([O-])c1c(Nc2cccc3ccccc23)ncnc1N1CCCC1. The van der Waals surface area contributed by atoms with E-state index in [1.807, 2.05) is 47.4 Å². The van der Waals surface area contributed by atoms with Crippen molar-refractivity contribution in [3.8, 4) is 0 Å². The van der Waals surface area contributed by atoms with Gasteiger partial charge in [0, 0.05) is 24.2 Å². The molecule has 1 fully saturated rings. The topological polar surface area (TPSA) is 84.2 Å². The fourth-order valence-corrected chi connectivity index (χ4v) is 3.25. The number of nitrogens with one attached hydrogen (secondary N) is 1. The van der Waals surface area contributed by atoms with Gasteiger partial charge in [0.15, 0.2) is 0 Å². The Hall–Kier alpha value is -3.22. The second-order valence-electron chi connectivity index (χ2n) is 6.00. The minimum atomic E-state index is -0.402. The molecule has 3 aromatic rings. The van der Waals surface area contributed by atoms with Crippen molar-refractivity contribution in [3.63, 3.8) is 0 Å². The summed E-state index contributed by atoms with van der Waals surface area (Å²) >= 11 is 0. The summed E-state index contributed by atoms with van der Waals surface area (Å²) in [7, 11) is 0. The van der Waals surface area contributed by atoms with Crippen LogP contribution in [0.2, 0.25) is 0 Å². The Kier molecular flexibility index (Phi) is 3.89. The lowest BCUT2D eigenvalue weighted by Crippen LogP contribution is -2.21. The van der Waals surface area contributed by atoms with Crippen molar-refractivity contribution in [2.45, 2.75) is 12.8 Å². The molecular formula is C18H17N5O2. The van der Waals surface area contributed by atoms with Crippen molar-refractivity contribution in [1.82, 2.24) is 9.97 Å². The number of nitro groups is 1. The molecule has 126 valence electrons. The Labute approximate surface area is 144 Å². The smallest absolute Gasteiger partial charge is 0.351 e. The van der Waals surface area contributed by atoms with Gasteiger partial charge in [-0.15, -0.1) is 0 Å². The molecule has 25 heavy (non-hydrogen) atoms. The summed E-state index contributed by atoms with van der Waals surface area (Å²) in [5.41, 5.74) is 0.713. The third-order valence-corrected chi connectivity index (χ3v) is 4.43. The zero-order valence-electron chi connectivity index (χ0n) is 13.6. The monoisotopic (exact) mass is 335 g/mol. The van der Waals surface area contributed by atoms with Crippen molar-refractivity contribution < 1.29 is 4.92 Å². The number of hydrogen-bond acceptors (Lipinski definition) is 6. The minimum absolute atomic E-state index is 0.0719. The van der Waals surface area contributed by atoms with Gasteiger partial charge in [0.2, 0.25) is 11.6 Å². The first-order valence-corrected chi connectivity index (χ1v) is 8.23. The van der Waals surface area contributed by atoms with Gasteiger partial charge in [-0.1, -0.05) is 36.4 Å². The lowest BCUT2D eigenvalue weighted by molar-refractivity contribution is -0.383. The number of hydrogen-bond donors (Lipinski definition) is 1. The number of benzene rings is 2. The molecule has 0 unspecified atom stereocenters. The number of anilines is 3. The maximum Gasteiger partial charge on any atom is 0.353 e. The Morgan fingerprint density at radius 3 is 2.60 bits per heavy atom. The van der Waals surface area contributed by atoms with Crippen LogP contribution in [0.5, 0.6) is 0 Å². The highest BCUT2D eigenvalue weighted by Gasteiger charge is 2.28. The molecule has 0 amide bonds. The summed E-state index contributed by atoms with van der Waals surface area (Å²) < 4.78 is 0. The van der Waals surface area contributed by atoms with E-state index in [1.165, 1.54) is 6.33 Å². The average Bonchev–Trinajstić information content (AvgIpc) is 3.16. The van der Waals surface area contributed by atoms with Gasteiger partial charge >= 0.3 is 5.69 Å². The second-order valence-corrected chi connectivity index (χ2v) is 6.00. The number of nitrogens with zero attached hydrogens (tertiary/aromatic N) is 4. The fraction of sp³-hybridized carbons (Fsp3) is 0.222. The quantitative estimate of drug-likeness (QED) is 0.575. The molecule has 0 atom stereocenters. The maximum absolute atomic E-state index is 11.7. The van der Waals surface area contributed by atoms with Crippen molar-refractivity contribution in [2.75, 3.05) is 23.3 Å². The molecule has 4 rings (SSSR count). The molecule has 1 saturated heterocycles. The van der Waals surface area contributed by atoms with Gasteiger partial charge in [-0.2, -0.15) is 0 Å². The molecule has 2 heterocycles. The van der Waals surface area contributed by atoms with Crippen LogP contribution < -0.4 is 10.2 Å². The van der Waals surface area contributed by atoms with Gasteiger partial charge in [0.1, 0.15) is 6.33 Å². The zero-order valence-corrected chi connectivity index (χ0v) is 13.6. The molecule has 0 bridgehead atoms. The van der Waals surface area contributed by atoms with Crippen molar-refractivity contribution in [1.29, 1.82) is 0 Å². The molecule has 1 aromatic heterocycles. The van der Waals surface area contributed by atoms with Crippen LogP contribution in [0, 0.1) is 10.1 Å². The highest BCUT2D eigenvalue weighted by Crippen LogP contribution is 2.36. The summed E-state index contributed by atoms with van der Waals surface area (Å²) in [6.07, 6.45) is 3.43. The van der Waals surface area contributed by atoms with E-state index in [0.717, 1.165) is 42.4 Å². The van der Waals surface area contributed by atoms with E-state index in [2.05, 4.69) is 15.3 Å². The van der Waals surface area contributed by atoms with Crippen LogP contribution in [-0.4, -0.2) is 28.0 Å². The standard InChI is InChI=1S/C18H17N5O2/c24-23(25)16-17(19-12-20-18(16)22-10-3-4-11-22)21-15-9-5-7-13-6-1-2-8-14(13)15/h1-2,5-9,12H,3-4,10-11H2,(H,19,20,21). The lowest BCUT2D eigenvalue weighted by atomic mass is 10.1. The Balaban J connectivity index is 1.79. The molecule has 1 N–H and O–H groups in total. The first kappa shape index (κ1) is 15.3. The van der Waals surface area contributed by atoms with E-state index in [9.17, 15) is 10.1 Å². The van der Waals surface area contributed by atoms with Gasteiger partial charge < -0.3 is 10.2 Å². The normalized spacial score (nSPS) is 14.0. The van der Waals surface area contributed by atoms with E-state index in [4.69, 9.17) is 0 Å². The van der Waals surface area contributed by atoms with Gasteiger partial charge in [0.05, 0.1) is 4.92 Å².